The minimum absolute atomic E-state index is 0.00458. The number of nitrogens with zero attached hydrogens (tertiary/aromatic N) is 3. The van der Waals surface area contributed by atoms with E-state index < -0.39 is 23.7 Å². The second-order valence-electron chi connectivity index (χ2n) is 7.22. The van der Waals surface area contributed by atoms with Gasteiger partial charge in [0.05, 0.1) is 5.92 Å². The molecule has 7 nitrogen and oxygen atoms in total. The fraction of sp³-hybridized carbons (Fsp3) is 0.167. The smallest absolute Gasteiger partial charge is 0.270 e. The van der Waals surface area contributed by atoms with Crippen molar-refractivity contribution in [2.45, 2.75) is 12.5 Å². The van der Waals surface area contributed by atoms with Crippen LogP contribution < -0.4 is 15.0 Å². The number of aromatic nitrogens is 2. The number of para-hydroxylation sites is 1. The SMILES string of the molecule is C#C[C@@H]1Cc2cccnc2N(C)C(=O)[C@@H]1NC(=O)c1cc(Oc2ccccc2F)ccn1. The Balaban J connectivity index is 1.56. The van der Waals surface area contributed by atoms with Crippen LogP contribution in [-0.4, -0.2) is 34.9 Å². The summed E-state index contributed by atoms with van der Waals surface area (Å²) in [7, 11) is 1.59. The summed E-state index contributed by atoms with van der Waals surface area (Å²) in [4.78, 5) is 35.7. The zero-order chi connectivity index (χ0) is 22.7. The van der Waals surface area contributed by atoms with E-state index in [9.17, 15) is 14.0 Å². The predicted molar refractivity (Wildman–Crippen MR) is 116 cm³/mol. The van der Waals surface area contributed by atoms with E-state index in [1.54, 1.807) is 31.4 Å². The van der Waals surface area contributed by atoms with E-state index in [1.165, 1.54) is 35.4 Å². The molecule has 0 aliphatic carbocycles. The van der Waals surface area contributed by atoms with Gasteiger partial charge in [0.15, 0.2) is 11.6 Å². The van der Waals surface area contributed by atoms with E-state index in [1.807, 2.05) is 6.07 Å². The van der Waals surface area contributed by atoms with Crippen LogP contribution in [0.4, 0.5) is 10.2 Å². The number of ether oxygens (including phenoxy) is 1. The van der Waals surface area contributed by atoms with Crippen LogP contribution in [-0.2, 0) is 11.2 Å². The molecule has 8 heteroatoms. The Labute approximate surface area is 184 Å². The van der Waals surface area contributed by atoms with Gasteiger partial charge in [0.2, 0.25) is 0 Å². The minimum atomic E-state index is -0.968. The molecule has 4 rings (SSSR count). The topological polar surface area (TPSA) is 84.4 Å². The van der Waals surface area contributed by atoms with Crippen LogP contribution in [0, 0.1) is 24.1 Å². The fourth-order valence-corrected chi connectivity index (χ4v) is 3.52. The van der Waals surface area contributed by atoms with Crippen LogP contribution in [0.1, 0.15) is 16.1 Å². The second-order valence-corrected chi connectivity index (χ2v) is 7.22. The van der Waals surface area contributed by atoms with Gasteiger partial charge in [0.25, 0.3) is 11.8 Å². The molecule has 0 radical (unpaired) electrons. The molecule has 2 aromatic heterocycles. The molecule has 1 aromatic carbocycles. The maximum absolute atomic E-state index is 13.9. The molecule has 32 heavy (non-hydrogen) atoms. The van der Waals surface area contributed by atoms with Gasteiger partial charge in [-0.3, -0.25) is 19.5 Å². The van der Waals surface area contributed by atoms with Crippen molar-refractivity contribution in [1.82, 2.24) is 15.3 Å². The summed E-state index contributed by atoms with van der Waals surface area (Å²) in [5.74, 6) is 1.28. The van der Waals surface area contributed by atoms with Crippen molar-refractivity contribution in [3.05, 3.63) is 78.0 Å². The monoisotopic (exact) mass is 430 g/mol. The Morgan fingerprint density at radius 1 is 1.22 bits per heavy atom. The first-order chi connectivity index (χ1) is 15.5. The lowest BCUT2D eigenvalue weighted by Gasteiger charge is -2.23. The number of fused-ring (bicyclic) bond motifs is 1. The number of hydrogen-bond acceptors (Lipinski definition) is 5. The van der Waals surface area contributed by atoms with E-state index >= 15 is 0 Å². The van der Waals surface area contributed by atoms with E-state index in [2.05, 4.69) is 21.2 Å². The van der Waals surface area contributed by atoms with Gasteiger partial charge in [0, 0.05) is 25.5 Å². The molecular weight excluding hydrogens is 411 g/mol. The molecule has 0 spiro atoms. The maximum Gasteiger partial charge on any atom is 0.270 e. The second kappa shape index (κ2) is 8.86. The molecule has 0 bridgehead atoms. The number of pyridine rings is 2. The predicted octanol–water partition coefficient (Wildman–Crippen LogP) is 2.97. The molecule has 0 saturated heterocycles. The average molecular weight is 430 g/mol. The van der Waals surface area contributed by atoms with Crippen LogP contribution in [0.25, 0.3) is 0 Å². The van der Waals surface area contributed by atoms with E-state index in [0.29, 0.717) is 12.2 Å². The van der Waals surface area contributed by atoms with Crippen molar-refractivity contribution in [3.8, 4) is 23.8 Å². The van der Waals surface area contributed by atoms with Crippen LogP contribution >= 0.6 is 0 Å². The minimum Gasteiger partial charge on any atom is -0.454 e. The summed E-state index contributed by atoms with van der Waals surface area (Å²) in [5, 5.41) is 2.70. The first kappa shape index (κ1) is 21.0. The van der Waals surface area contributed by atoms with Crippen LogP contribution in [0.3, 0.4) is 0 Å². The number of carbonyl (C=O) groups excluding carboxylic acids is 2. The number of likely N-dealkylation sites (N-methyl/N-ethyl adjacent to an activating group) is 1. The summed E-state index contributed by atoms with van der Waals surface area (Å²) < 4.78 is 19.4. The number of rotatable bonds is 4. The zero-order valence-corrected chi connectivity index (χ0v) is 17.2. The quantitative estimate of drug-likeness (QED) is 0.644. The first-order valence-corrected chi connectivity index (χ1v) is 9.85. The Hall–Kier alpha value is -4.25. The van der Waals surface area contributed by atoms with E-state index in [-0.39, 0.29) is 23.1 Å². The largest absolute Gasteiger partial charge is 0.454 e. The number of terminal acetylenes is 1. The molecule has 0 unspecified atom stereocenters. The van der Waals surface area contributed by atoms with Crippen LogP contribution in [0.2, 0.25) is 0 Å². The average Bonchev–Trinajstić information content (AvgIpc) is 2.91. The standard InChI is InChI=1S/C24H19FN4O3/c1-3-15-13-16-7-6-11-27-22(16)29(2)24(31)21(15)28-23(30)19-14-17(10-12-26-19)32-20-9-5-4-8-18(20)25/h1,4-12,14-15,21H,13H2,2H3,(H,28,30)/t15-,21-/m1/s1. The van der Waals surface area contributed by atoms with Crippen LogP contribution in [0.5, 0.6) is 11.5 Å². The normalized spacial score (nSPS) is 17.7. The lowest BCUT2D eigenvalue weighted by atomic mass is 9.94. The molecule has 160 valence electrons. The molecule has 1 aliphatic rings. The first-order valence-electron chi connectivity index (χ1n) is 9.85. The number of benzene rings is 1. The Kier molecular flexibility index (Phi) is 5.81. The molecule has 1 N–H and O–H groups in total. The van der Waals surface area contributed by atoms with Gasteiger partial charge in [0.1, 0.15) is 23.3 Å². The highest BCUT2D eigenvalue weighted by Gasteiger charge is 2.36. The number of anilines is 1. The van der Waals surface area contributed by atoms with Crippen molar-refractivity contribution in [2.24, 2.45) is 5.92 Å². The third-order valence-electron chi connectivity index (χ3n) is 5.15. The van der Waals surface area contributed by atoms with Crippen molar-refractivity contribution in [3.63, 3.8) is 0 Å². The number of halogens is 1. The molecule has 3 heterocycles. The highest BCUT2D eigenvalue weighted by atomic mass is 19.1. The van der Waals surface area contributed by atoms with Crippen molar-refractivity contribution >= 4 is 17.6 Å². The third-order valence-corrected chi connectivity index (χ3v) is 5.15. The molecule has 3 aromatic rings. The summed E-state index contributed by atoms with van der Waals surface area (Å²) in [5.41, 5.74) is 0.825. The Morgan fingerprint density at radius 2 is 2.03 bits per heavy atom. The number of hydrogen-bond donors (Lipinski definition) is 1. The van der Waals surface area contributed by atoms with E-state index in [4.69, 9.17) is 11.2 Å². The summed E-state index contributed by atoms with van der Waals surface area (Å²) in [6.45, 7) is 0. The lowest BCUT2D eigenvalue weighted by molar-refractivity contribution is -0.120. The zero-order valence-electron chi connectivity index (χ0n) is 17.2. The van der Waals surface area contributed by atoms with Crippen molar-refractivity contribution < 1.29 is 18.7 Å². The van der Waals surface area contributed by atoms with Crippen molar-refractivity contribution in [2.75, 3.05) is 11.9 Å². The van der Waals surface area contributed by atoms with Gasteiger partial charge in [-0.15, -0.1) is 12.3 Å². The highest BCUT2D eigenvalue weighted by molar-refractivity contribution is 6.02. The number of nitrogens with one attached hydrogen (secondary N) is 1. The van der Waals surface area contributed by atoms with Gasteiger partial charge in [-0.2, -0.15) is 0 Å². The van der Waals surface area contributed by atoms with Gasteiger partial charge >= 0.3 is 0 Å². The molecule has 2 amide bonds. The fourth-order valence-electron chi connectivity index (χ4n) is 3.52. The molecule has 0 saturated carbocycles. The Morgan fingerprint density at radius 3 is 2.81 bits per heavy atom. The summed E-state index contributed by atoms with van der Waals surface area (Å²) >= 11 is 0. The maximum atomic E-state index is 13.9. The van der Waals surface area contributed by atoms with Gasteiger partial charge in [-0.1, -0.05) is 18.2 Å². The number of amides is 2. The molecule has 2 atom stereocenters. The molecule has 1 aliphatic heterocycles. The van der Waals surface area contributed by atoms with Crippen LogP contribution in [0.15, 0.2) is 60.9 Å². The third kappa shape index (κ3) is 4.14. The summed E-state index contributed by atoms with van der Waals surface area (Å²) in [6.07, 6.45) is 9.04. The summed E-state index contributed by atoms with van der Waals surface area (Å²) in [6, 6.07) is 11.4. The Bertz CT molecular complexity index is 1220. The highest BCUT2D eigenvalue weighted by Crippen LogP contribution is 2.27. The van der Waals surface area contributed by atoms with E-state index in [0.717, 1.165) is 5.56 Å². The van der Waals surface area contributed by atoms with Gasteiger partial charge < -0.3 is 10.1 Å². The van der Waals surface area contributed by atoms with Gasteiger partial charge in [-0.25, -0.2) is 9.37 Å². The van der Waals surface area contributed by atoms with Gasteiger partial charge in [-0.05, 0) is 36.2 Å². The van der Waals surface area contributed by atoms with Crippen molar-refractivity contribution in [1.29, 1.82) is 0 Å². The molecular formula is C24H19FN4O3. The lowest BCUT2D eigenvalue weighted by Crippen LogP contribution is -2.50. The number of carbonyl (C=O) groups is 2. The molecule has 0 fully saturated rings.